The third-order valence-electron chi connectivity index (χ3n) is 2.73. The first-order valence-electron chi connectivity index (χ1n) is 5.72. The van der Waals surface area contributed by atoms with Gasteiger partial charge in [0.2, 0.25) is 10.0 Å². The van der Waals surface area contributed by atoms with Crippen LogP contribution in [0.25, 0.3) is 0 Å². The van der Waals surface area contributed by atoms with Gasteiger partial charge in [-0.15, -0.1) is 0 Å². The first-order valence-corrected chi connectivity index (χ1v) is 7.33. The zero-order valence-electron chi connectivity index (χ0n) is 9.70. The lowest BCUT2D eigenvalue weighted by Crippen LogP contribution is -2.35. The summed E-state index contributed by atoms with van der Waals surface area (Å²) in [4.78, 5) is 0. The quantitative estimate of drug-likeness (QED) is 0.628. The third-order valence-corrected chi connectivity index (χ3v) is 4.73. The molecule has 1 saturated carbocycles. The zero-order chi connectivity index (χ0) is 11.3. The van der Waals surface area contributed by atoms with Crippen LogP contribution in [0, 0.1) is 5.92 Å². The Morgan fingerprint density at radius 2 is 2.07 bits per heavy atom. The largest absolute Gasteiger partial charge is 0.320 e. The maximum atomic E-state index is 11.9. The highest BCUT2D eigenvalue weighted by Gasteiger charge is 2.29. The molecule has 5 heteroatoms. The van der Waals surface area contributed by atoms with Crippen molar-refractivity contribution in [2.75, 3.05) is 32.4 Å². The molecule has 1 rings (SSSR count). The van der Waals surface area contributed by atoms with Crippen LogP contribution in [0.4, 0.5) is 0 Å². The van der Waals surface area contributed by atoms with Gasteiger partial charge in [-0.05, 0) is 38.8 Å². The molecule has 0 aromatic carbocycles. The molecule has 0 saturated heterocycles. The van der Waals surface area contributed by atoms with Crippen LogP contribution in [0.15, 0.2) is 0 Å². The summed E-state index contributed by atoms with van der Waals surface area (Å²) >= 11 is 0. The van der Waals surface area contributed by atoms with Crippen LogP contribution in [0.1, 0.15) is 26.2 Å². The van der Waals surface area contributed by atoms with Crippen LogP contribution < -0.4 is 5.32 Å². The van der Waals surface area contributed by atoms with Crippen molar-refractivity contribution < 1.29 is 8.42 Å². The normalized spacial score (nSPS) is 17.3. The molecule has 0 unspecified atom stereocenters. The molecule has 15 heavy (non-hydrogen) atoms. The molecular weight excluding hydrogens is 212 g/mol. The minimum Gasteiger partial charge on any atom is -0.320 e. The average molecular weight is 234 g/mol. The Bertz CT molecular complexity index is 273. The Morgan fingerprint density at radius 1 is 1.40 bits per heavy atom. The van der Waals surface area contributed by atoms with E-state index in [4.69, 9.17) is 0 Å². The Labute approximate surface area is 93.1 Å². The van der Waals surface area contributed by atoms with Crippen LogP contribution in [0.5, 0.6) is 0 Å². The maximum absolute atomic E-state index is 11.9. The lowest BCUT2D eigenvalue weighted by atomic mass is 10.4. The molecule has 1 aliphatic carbocycles. The number of rotatable bonds is 8. The fraction of sp³-hybridized carbons (Fsp3) is 1.00. The highest BCUT2D eigenvalue weighted by molar-refractivity contribution is 7.89. The van der Waals surface area contributed by atoms with E-state index in [1.165, 1.54) is 12.8 Å². The van der Waals surface area contributed by atoms with Crippen molar-refractivity contribution in [2.24, 2.45) is 5.92 Å². The summed E-state index contributed by atoms with van der Waals surface area (Å²) in [5, 5.41) is 2.97. The van der Waals surface area contributed by atoms with Gasteiger partial charge in [0.15, 0.2) is 0 Å². The van der Waals surface area contributed by atoms with Crippen molar-refractivity contribution in [3.05, 3.63) is 0 Å². The minimum atomic E-state index is -3.01. The third kappa shape index (κ3) is 4.49. The van der Waals surface area contributed by atoms with Crippen molar-refractivity contribution in [3.8, 4) is 0 Å². The molecule has 0 aromatic heterocycles. The Kier molecular flexibility index (Phi) is 5.02. The number of nitrogens with one attached hydrogen (secondary N) is 1. The van der Waals surface area contributed by atoms with E-state index in [1.54, 1.807) is 4.31 Å². The van der Waals surface area contributed by atoms with Gasteiger partial charge in [-0.3, -0.25) is 0 Å². The number of sulfonamides is 1. The number of hydrogen-bond acceptors (Lipinski definition) is 3. The van der Waals surface area contributed by atoms with Gasteiger partial charge in [-0.2, -0.15) is 0 Å². The molecule has 0 bridgehead atoms. The topological polar surface area (TPSA) is 49.4 Å². The first kappa shape index (κ1) is 12.9. The van der Waals surface area contributed by atoms with Gasteiger partial charge >= 0.3 is 0 Å². The summed E-state index contributed by atoms with van der Waals surface area (Å²) in [6.45, 7) is 4.02. The fourth-order valence-corrected chi connectivity index (χ4v) is 3.19. The standard InChI is InChI=1S/C10H22N2O2S/c1-3-12(9-10-5-6-10)15(13,14)8-4-7-11-2/h10-11H,3-9H2,1-2H3. The highest BCUT2D eigenvalue weighted by Crippen LogP contribution is 2.30. The van der Waals surface area contributed by atoms with Crippen LogP contribution in [-0.4, -0.2) is 45.2 Å². The van der Waals surface area contributed by atoms with Gasteiger partial charge in [-0.1, -0.05) is 6.92 Å². The lowest BCUT2D eigenvalue weighted by Gasteiger charge is -2.20. The van der Waals surface area contributed by atoms with Crippen LogP contribution in [-0.2, 0) is 10.0 Å². The highest BCUT2D eigenvalue weighted by atomic mass is 32.2. The number of hydrogen-bond donors (Lipinski definition) is 1. The molecule has 0 heterocycles. The van der Waals surface area contributed by atoms with Gasteiger partial charge in [0.25, 0.3) is 0 Å². The van der Waals surface area contributed by atoms with E-state index >= 15 is 0 Å². The van der Waals surface area contributed by atoms with Crippen molar-refractivity contribution in [2.45, 2.75) is 26.2 Å². The maximum Gasteiger partial charge on any atom is 0.214 e. The molecule has 1 aliphatic rings. The molecule has 0 aliphatic heterocycles. The van der Waals surface area contributed by atoms with Gasteiger partial charge in [0.1, 0.15) is 0 Å². The predicted molar refractivity (Wildman–Crippen MR) is 62.3 cm³/mol. The molecule has 1 N–H and O–H groups in total. The SMILES string of the molecule is CCN(CC1CC1)S(=O)(=O)CCCNC. The fourth-order valence-electron chi connectivity index (χ4n) is 1.59. The number of nitrogens with zero attached hydrogens (tertiary/aromatic N) is 1. The van der Waals surface area contributed by atoms with Crippen molar-refractivity contribution in [1.29, 1.82) is 0 Å². The van der Waals surface area contributed by atoms with E-state index in [9.17, 15) is 8.42 Å². The molecule has 0 atom stereocenters. The monoisotopic (exact) mass is 234 g/mol. The van der Waals surface area contributed by atoms with Gasteiger partial charge in [0, 0.05) is 13.1 Å². The van der Waals surface area contributed by atoms with E-state index in [0.717, 1.165) is 13.1 Å². The van der Waals surface area contributed by atoms with E-state index in [0.29, 0.717) is 18.9 Å². The molecule has 4 nitrogen and oxygen atoms in total. The zero-order valence-corrected chi connectivity index (χ0v) is 10.5. The van der Waals surface area contributed by atoms with Crippen molar-refractivity contribution in [1.82, 2.24) is 9.62 Å². The minimum absolute atomic E-state index is 0.272. The first-order chi connectivity index (χ1) is 7.10. The molecule has 1 fully saturated rings. The van der Waals surface area contributed by atoms with Crippen LogP contribution in [0.3, 0.4) is 0 Å². The molecule has 0 radical (unpaired) electrons. The van der Waals surface area contributed by atoms with E-state index in [1.807, 2.05) is 14.0 Å². The van der Waals surface area contributed by atoms with E-state index in [2.05, 4.69) is 5.32 Å². The van der Waals surface area contributed by atoms with Crippen LogP contribution >= 0.6 is 0 Å². The predicted octanol–water partition coefficient (Wildman–Crippen LogP) is 0.658. The summed E-state index contributed by atoms with van der Waals surface area (Å²) in [5.41, 5.74) is 0. The molecule has 0 amide bonds. The van der Waals surface area contributed by atoms with Crippen molar-refractivity contribution in [3.63, 3.8) is 0 Å². The molecule has 0 aromatic rings. The summed E-state index contributed by atoms with van der Waals surface area (Å²) in [5.74, 6) is 0.901. The summed E-state index contributed by atoms with van der Waals surface area (Å²) < 4.78 is 25.4. The Balaban J connectivity index is 2.40. The molecule has 90 valence electrons. The molecular formula is C10H22N2O2S. The summed E-state index contributed by atoms with van der Waals surface area (Å²) in [6.07, 6.45) is 3.09. The Morgan fingerprint density at radius 3 is 2.53 bits per heavy atom. The second-order valence-corrected chi connectivity index (χ2v) is 6.26. The molecule has 0 spiro atoms. The van der Waals surface area contributed by atoms with E-state index < -0.39 is 10.0 Å². The second kappa shape index (κ2) is 5.82. The second-order valence-electron chi connectivity index (χ2n) is 4.17. The van der Waals surface area contributed by atoms with Gasteiger partial charge < -0.3 is 5.32 Å². The van der Waals surface area contributed by atoms with Gasteiger partial charge in [-0.25, -0.2) is 12.7 Å². The van der Waals surface area contributed by atoms with E-state index in [-0.39, 0.29) is 5.75 Å². The summed E-state index contributed by atoms with van der Waals surface area (Å²) in [6, 6.07) is 0. The Hall–Kier alpha value is -0.130. The smallest absolute Gasteiger partial charge is 0.214 e. The van der Waals surface area contributed by atoms with Crippen molar-refractivity contribution >= 4 is 10.0 Å². The lowest BCUT2D eigenvalue weighted by molar-refractivity contribution is 0.411. The van der Waals surface area contributed by atoms with Crippen LogP contribution in [0.2, 0.25) is 0 Å². The summed E-state index contributed by atoms with van der Waals surface area (Å²) in [7, 11) is -1.16. The average Bonchev–Trinajstić information content (AvgIpc) is 2.97. The van der Waals surface area contributed by atoms with Gasteiger partial charge in [0.05, 0.1) is 5.75 Å².